The Morgan fingerprint density at radius 3 is 2.12 bits per heavy atom. The van der Waals surface area contributed by atoms with Crippen LogP contribution in [-0.2, 0) is 0 Å². The maximum Gasteiger partial charge on any atom is 0.387 e. The second-order valence-corrected chi connectivity index (χ2v) is 4.70. The highest BCUT2D eigenvalue weighted by atomic mass is 19.3. The maximum atomic E-state index is 12.5. The van der Waals surface area contributed by atoms with Crippen LogP contribution in [0.2, 0.25) is 0 Å². The number of alkyl halides is 2. The van der Waals surface area contributed by atoms with Gasteiger partial charge in [0, 0.05) is 5.56 Å². The standard InChI is InChI=1S/C18H16F2O4/c1-22-15-10-12(11-16(23-2)17(15)24-18(19)20)8-9-14(21)13-6-4-3-5-7-13/h3-11,18H,1-2H3/b9-8+. The molecule has 2 rings (SSSR count). The molecule has 0 saturated heterocycles. The molecule has 4 nitrogen and oxygen atoms in total. The van der Waals surface area contributed by atoms with Crippen LogP contribution in [-0.4, -0.2) is 26.6 Å². The van der Waals surface area contributed by atoms with Crippen molar-refractivity contribution in [3.05, 3.63) is 59.7 Å². The van der Waals surface area contributed by atoms with Gasteiger partial charge in [-0.1, -0.05) is 36.4 Å². The number of carbonyl (C=O) groups is 1. The van der Waals surface area contributed by atoms with Gasteiger partial charge >= 0.3 is 6.61 Å². The number of ether oxygens (including phenoxy) is 3. The molecule has 0 aliphatic heterocycles. The number of benzene rings is 2. The molecule has 0 bridgehead atoms. The minimum atomic E-state index is -3.01. The average Bonchev–Trinajstić information content (AvgIpc) is 2.60. The highest BCUT2D eigenvalue weighted by molar-refractivity contribution is 6.06. The van der Waals surface area contributed by atoms with Crippen molar-refractivity contribution in [1.82, 2.24) is 0 Å². The topological polar surface area (TPSA) is 44.8 Å². The molecule has 0 saturated carbocycles. The van der Waals surface area contributed by atoms with Gasteiger partial charge in [0.25, 0.3) is 0 Å². The predicted molar refractivity (Wildman–Crippen MR) is 86.0 cm³/mol. The summed E-state index contributed by atoms with van der Waals surface area (Å²) in [6.45, 7) is -3.01. The van der Waals surface area contributed by atoms with E-state index in [4.69, 9.17) is 9.47 Å². The molecule has 0 aliphatic rings. The van der Waals surface area contributed by atoms with E-state index in [9.17, 15) is 13.6 Å². The summed E-state index contributed by atoms with van der Waals surface area (Å²) in [5.74, 6) is -0.203. The Hall–Kier alpha value is -2.89. The fourth-order valence-corrected chi connectivity index (χ4v) is 2.07. The molecule has 0 spiro atoms. The van der Waals surface area contributed by atoms with Crippen LogP contribution in [0.4, 0.5) is 8.78 Å². The summed E-state index contributed by atoms with van der Waals surface area (Å²) in [5.41, 5.74) is 1.10. The molecule has 6 heteroatoms. The Kier molecular flexibility index (Phi) is 5.89. The molecule has 0 N–H and O–H groups in total. The fourth-order valence-electron chi connectivity index (χ4n) is 2.07. The molecular formula is C18H16F2O4. The largest absolute Gasteiger partial charge is 0.493 e. The third-order valence-corrected chi connectivity index (χ3v) is 3.18. The highest BCUT2D eigenvalue weighted by Gasteiger charge is 2.17. The van der Waals surface area contributed by atoms with E-state index in [1.165, 1.54) is 32.4 Å². The molecule has 0 atom stereocenters. The lowest BCUT2D eigenvalue weighted by Gasteiger charge is -2.14. The van der Waals surface area contributed by atoms with E-state index in [0.29, 0.717) is 11.1 Å². The molecule has 0 aromatic heterocycles. The second-order valence-electron chi connectivity index (χ2n) is 4.70. The number of rotatable bonds is 7. The molecule has 2 aromatic carbocycles. The molecule has 0 radical (unpaired) electrons. The minimum absolute atomic E-state index is 0.0847. The van der Waals surface area contributed by atoms with Crippen molar-refractivity contribution in [3.8, 4) is 17.2 Å². The summed E-state index contributed by atoms with van der Waals surface area (Å²) in [6, 6.07) is 11.7. The van der Waals surface area contributed by atoms with Crippen molar-refractivity contribution in [2.75, 3.05) is 14.2 Å². The van der Waals surface area contributed by atoms with Crippen LogP contribution in [0.15, 0.2) is 48.5 Å². The van der Waals surface area contributed by atoms with Gasteiger partial charge in [0.1, 0.15) is 0 Å². The second kappa shape index (κ2) is 8.10. The zero-order valence-electron chi connectivity index (χ0n) is 13.2. The van der Waals surface area contributed by atoms with Gasteiger partial charge in [0.05, 0.1) is 14.2 Å². The minimum Gasteiger partial charge on any atom is -0.493 e. The lowest BCUT2D eigenvalue weighted by Crippen LogP contribution is -2.05. The number of hydrogen-bond acceptors (Lipinski definition) is 4. The summed E-state index contributed by atoms with van der Waals surface area (Å²) >= 11 is 0. The maximum absolute atomic E-state index is 12.5. The number of ketones is 1. The Bertz CT molecular complexity index is 702. The van der Waals surface area contributed by atoms with Crippen LogP contribution in [0.25, 0.3) is 6.08 Å². The third kappa shape index (κ3) is 4.32. The summed E-state index contributed by atoms with van der Waals surface area (Å²) in [4.78, 5) is 12.1. The molecule has 0 aliphatic carbocycles. The van der Waals surface area contributed by atoms with E-state index in [2.05, 4.69) is 4.74 Å². The average molecular weight is 334 g/mol. The van der Waals surface area contributed by atoms with Crippen molar-refractivity contribution in [3.63, 3.8) is 0 Å². The van der Waals surface area contributed by atoms with Crippen LogP contribution in [0, 0.1) is 0 Å². The van der Waals surface area contributed by atoms with Crippen LogP contribution in [0.3, 0.4) is 0 Å². The van der Waals surface area contributed by atoms with Gasteiger partial charge in [-0.15, -0.1) is 0 Å². The van der Waals surface area contributed by atoms with E-state index in [0.717, 1.165) is 0 Å². The lowest BCUT2D eigenvalue weighted by atomic mass is 10.1. The van der Waals surface area contributed by atoms with Crippen molar-refractivity contribution < 1.29 is 27.8 Å². The molecule has 0 fully saturated rings. The molecule has 0 amide bonds. The molecule has 0 unspecified atom stereocenters. The van der Waals surface area contributed by atoms with Gasteiger partial charge in [0.15, 0.2) is 17.3 Å². The number of halogens is 2. The SMILES string of the molecule is COc1cc(/C=C/C(=O)c2ccccc2)cc(OC)c1OC(F)F. The Morgan fingerprint density at radius 2 is 1.62 bits per heavy atom. The normalized spacial score (nSPS) is 10.9. The van der Waals surface area contributed by atoms with Gasteiger partial charge in [-0.2, -0.15) is 8.78 Å². The van der Waals surface area contributed by atoms with E-state index in [-0.39, 0.29) is 23.0 Å². The van der Waals surface area contributed by atoms with E-state index in [1.807, 2.05) is 6.07 Å². The van der Waals surface area contributed by atoms with Crippen molar-refractivity contribution >= 4 is 11.9 Å². The number of methoxy groups -OCH3 is 2. The van der Waals surface area contributed by atoms with Crippen LogP contribution >= 0.6 is 0 Å². The Balaban J connectivity index is 2.30. The Labute approximate surface area is 138 Å². The Morgan fingerprint density at radius 1 is 1.04 bits per heavy atom. The number of carbonyl (C=O) groups excluding carboxylic acids is 1. The first-order chi connectivity index (χ1) is 11.5. The first-order valence-electron chi connectivity index (χ1n) is 7.03. The van der Waals surface area contributed by atoms with E-state index >= 15 is 0 Å². The smallest absolute Gasteiger partial charge is 0.387 e. The molecule has 126 valence electrons. The molecule has 0 heterocycles. The third-order valence-electron chi connectivity index (χ3n) is 3.18. The predicted octanol–water partition coefficient (Wildman–Crippen LogP) is 4.20. The van der Waals surface area contributed by atoms with Crippen LogP contribution in [0.1, 0.15) is 15.9 Å². The fraction of sp³-hybridized carbons (Fsp3) is 0.167. The van der Waals surface area contributed by atoms with Crippen LogP contribution < -0.4 is 14.2 Å². The van der Waals surface area contributed by atoms with E-state index < -0.39 is 6.61 Å². The van der Waals surface area contributed by atoms with Gasteiger partial charge in [-0.3, -0.25) is 4.79 Å². The van der Waals surface area contributed by atoms with Gasteiger partial charge in [-0.05, 0) is 23.8 Å². The van der Waals surface area contributed by atoms with Gasteiger partial charge in [0.2, 0.25) is 5.75 Å². The van der Waals surface area contributed by atoms with Gasteiger partial charge < -0.3 is 14.2 Å². The summed E-state index contributed by atoms with van der Waals surface area (Å²) in [5, 5.41) is 0. The number of allylic oxidation sites excluding steroid dienone is 1. The summed E-state index contributed by atoms with van der Waals surface area (Å²) in [7, 11) is 2.66. The highest BCUT2D eigenvalue weighted by Crippen LogP contribution is 2.39. The first-order valence-corrected chi connectivity index (χ1v) is 7.03. The molecule has 2 aromatic rings. The zero-order chi connectivity index (χ0) is 17.5. The summed E-state index contributed by atoms with van der Waals surface area (Å²) in [6.07, 6.45) is 2.93. The van der Waals surface area contributed by atoms with Crippen molar-refractivity contribution in [1.29, 1.82) is 0 Å². The lowest BCUT2D eigenvalue weighted by molar-refractivity contribution is -0.0526. The zero-order valence-corrected chi connectivity index (χ0v) is 13.2. The summed E-state index contributed by atoms with van der Waals surface area (Å²) < 4.78 is 39.6. The van der Waals surface area contributed by atoms with Crippen molar-refractivity contribution in [2.45, 2.75) is 6.61 Å². The van der Waals surface area contributed by atoms with Gasteiger partial charge in [-0.25, -0.2) is 0 Å². The molecule has 24 heavy (non-hydrogen) atoms. The quantitative estimate of drug-likeness (QED) is 0.562. The number of hydrogen-bond donors (Lipinski definition) is 0. The monoisotopic (exact) mass is 334 g/mol. The first kappa shape index (κ1) is 17.5. The molecular weight excluding hydrogens is 318 g/mol. The van der Waals surface area contributed by atoms with E-state index in [1.54, 1.807) is 30.3 Å². The van der Waals surface area contributed by atoms with Crippen LogP contribution in [0.5, 0.6) is 17.2 Å². The van der Waals surface area contributed by atoms with Crippen molar-refractivity contribution in [2.24, 2.45) is 0 Å².